The highest BCUT2D eigenvalue weighted by Gasteiger charge is 2.19. The topological polar surface area (TPSA) is 192 Å². The monoisotopic (exact) mass is 473 g/mol. The van der Waals surface area contributed by atoms with Gasteiger partial charge in [-0.15, -0.1) is 0 Å². The summed E-state index contributed by atoms with van der Waals surface area (Å²) in [5.41, 5.74) is 21.6. The summed E-state index contributed by atoms with van der Waals surface area (Å²) < 4.78 is 4.86. The maximum Gasteiger partial charge on any atom is 0.404 e. The smallest absolute Gasteiger partial charge is 0.404 e. The highest BCUT2D eigenvalue weighted by atomic mass is 16.5. The number of nitrogens with zero attached hydrogens (tertiary/aromatic N) is 1. The molecule has 11 heteroatoms. The van der Waals surface area contributed by atoms with Crippen LogP contribution in [-0.4, -0.2) is 81.3 Å². The van der Waals surface area contributed by atoms with Crippen molar-refractivity contribution in [2.24, 2.45) is 22.9 Å². The minimum Gasteiger partial charge on any atom is -0.448 e. The van der Waals surface area contributed by atoms with E-state index in [0.717, 1.165) is 70.9 Å². The van der Waals surface area contributed by atoms with Crippen LogP contribution in [0.5, 0.6) is 0 Å². The summed E-state index contributed by atoms with van der Waals surface area (Å²) in [6, 6.07) is -0.380. The normalized spacial score (nSPS) is 11.7. The Morgan fingerprint density at radius 2 is 1.42 bits per heavy atom. The molecule has 0 heterocycles. The van der Waals surface area contributed by atoms with Crippen molar-refractivity contribution in [2.75, 3.05) is 52.4 Å². The number of amides is 3. The van der Waals surface area contributed by atoms with E-state index in [1.807, 2.05) is 0 Å². The molecule has 0 rings (SSSR count). The zero-order valence-corrected chi connectivity index (χ0v) is 20.2. The van der Waals surface area contributed by atoms with Crippen molar-refractivity contribution in [3.63, 3.8) is 0 Å². The lowest BCUT2D eigenvalue weighted by molar-refractivity contribution is -0.135. The fraction of sp³-hybridized carbons (Fsp3) is 0.864. The van der Waals surface area contributed by atoms with Gasteiger partial charge in [0.25, 0.3) is 0 Å². The summed E-state index contributed by atoms with van der Waals surface area (Å²) in [6.45, 7) is 3.13. The second-order valence-electron chi connectivity index (χ2n) is 8.22. The van der Waals surface area contributed by atoms with Crippen LogP contribution in [0.15, 0.2) is 0 Å². The van der Waals surface area contributed by atoms with Crippen molar-refractivity contribution >= 4 is 17.9 Å². The van der Waals surface area contributed by atoms with Crippen LogP contribution in [0.25, 0.3) is 0 Å². The summed E-state index contributed by atoms with van der Waals surface area (Å²) >= 11 is 0. The summed E-state index contributed by atoms with van der Waals surface area (Å²) in [7, 11) is 0. The van der Waals surface area contributed by atoms with Crippen LogP contribution in [0.2, 0.25) is 0 Å². The largest absolute Gasteiger partial charge is 0.448 e. The van der Waals surface area contributed by atoms with Crippen LogP contribution < -0.4 is 33.6 Å². The van der Waals surface area contributed by atoms with Crippen molar-refractivity contribution in [1.82, 2.24) is 15.5 Å². The first kappa shape index (κ1) is 31.0. The summed E-state index contributed by atoms with van der Waals surface area (Å²) in [4.78, 5) is 37.8. The molecule has 11 nitrogen and oxygen atoms in total. The van der Waals surface area contributed by atoms with Crippen molar-refractivity contribution in [3.05, 3.63) is 0 Å². The molecule has 0 saturated heterocycles. The first-order valence-electron chi connectivity index (χ1n) is 12.2. The van der Waals surface area contributed by atoms with Crippen LogP contribution in [0.3, 0.4) is 0 Å². The molecule has 0 aliphatic heterocycles. The molecular formula is C22H47N7O4. The lowest BCUT2D eigenvalue weighted by atomic mass is 10.1. The van der Waals surface area contributed by atoms with Gasteiger partial charge in [0.1, 0.15) is 6.61 Å². The van der Waals surface area contributed by atoms with E-state index in [1.165, 1.54) is 0 Å². The Morgan fingerprint density at radius 3 is 2.09 bits per heavy atom. The van der Waals surface area contributed by atoms with E-state index in [9.17, 15) is 14.4 Å². The van der Waals surface area contributed by atoms with E-state index in [-0.39, 0.29) is 37.6 Å². The molecule has 33 heavy (non-hydrogen) atoms. The molecule has 10 N–H and O–H groups in total. The van der Waals surface area contributed by atoms with E-state index in [2.05, 4.69) is 10.6 Å². The number of nitrogens with two attached hydrogens (primary N) is 4. The average molecular weight is 474 g/mol. The SMILES string of the molecule is NCCCCCCCNCC(=O)N(CCCCN)CC(=O)N[C@H](CCCCN)COC(N)=O. The third kappa shape index (κ3) is 19.2. The second kappa shape index (κ2) is 21.9. The molecule has 0 radical (unpaired) electrons. The molecule has 0 aliphatic rings. The number of carbonyl (C=O) groups is 3. The number of carbonyl (C=O) groups excluding carboxylic acids is 3. The number of ether oxygens (including phenoxy) is 1. The van der Waals surface area contributed by atoms with Gasteiger partial charge in [0, 0.05) is 6.54 Å². The summed E-state index contributed by atoms with van der Waals surface area (Å²) in [5, 5.41) is 6.02. The van der Waals surface area contributed by atoms with Gasteiger partial charge in [-0.25, -0.2) is 4.79 Å². The third-order valence-corrected chi connectivity index (χ3v) is 5.20. The maximum atomic E-state index is 12.7. The van der Waals surface area contributed by atoms with E-state index < -0.39 is 6.09 Å². The molecule has 0 aromatic heterocycles. The van der Waals surface area contributed by atoms with E-state index >= 15 is 0 Å². The Hall–Kier alpha value is -1.95. The zero-order valence-electron chi connectivity index (χ0n) is 20.2. The van der Waals surface area contributed by atoms with Gasteiger partial charge < -0.3 is 43.2 Å². The average Bonchev–Trinajstić information content (AvgIpc) is 2.78. The van der Waals surface area contributed by atoms with Crippen molar-refractivity contribution in [3.8, 4) is 0 Å². The minimum absolute atomic E-state index is 0.0143. The van der Waals surface area contributed by atoms with Gasteiger partial charge in [-0.05, 0) is 64.7 Å². The highest BCUT2D eigenvalue weighted by Crippen LogP contribution is 2.03. The van der Waals surface area contributed by atoms with Gasteiger partial charge in [0.05, 0.1) is 19.1 Å². The number of hydrogen-bond donors (Lipinski definition) is 6. The second-order valence-corrected chi connectivity index (χ2v) is 8.22. The number of unbranched alkanes of at least 4 members (excludes halogenated alkanes) is 6. The first-order chi connectivity index (χ1) is 15.9. The molecule has 0 aliphatic carbocycles. The molecule has 0 spiro atoms. The molecule has 0 bridgehead atoms. The fourth-order valence-corrected chi connectivity index (χ4v) is 3.33. The third-order valence-electron chi connectivity index (χ3n) is 5.20. The van der Waals surface area contributed by atoms with Gasteiger partial charge in [0.15, 0.2) is 0 Å². The van der Waals surface area contributed by atoms with Gasteiger partial charge in [0.2, 0.25) is 11.8 Å². The molecule has 0 saturated carbocycles. The van der Waals surface area contributed by atoms with Crippen molar-refractivity contribution < 1.29 is 19.1 Å². The predicted molar refractivity (Wildman–Crippen MR) is 130 cm³/mol. The Labute approximate surface area is 198 Å². The van der Waals surface area contributed by atoms with Crippen molar-refractivity contribution in [1.29, 1.82) is 0 Å². The molecule has 0 aromatic rings. The van der Waals surface area contributed by atoms with E-state index in [0.29, 0.717) is 26.1 Å². The van der Waals surface area contributed by atoms with Gasteiger partial charge in [-0.1, -0.05) is 25.7 Å². The van der Waals surface area contributed by atoms with Gasteiger partial charge >= 0.3 is 6.09 Å². The molecular weight excluding hydrogens is 426 g/mol. The Morgan fingerprint density at radius 1 is 0.818 bits per heavy atom. The zero-order chi connectivity index (χ0) is 24.7. The first-order valence-corrected chi connectivity index (χ1v) is 12.2. The van der Waals surface area contributed by atoms with Crippen LogP contribution in [0.4, 0.5) is 4.79 Å². The Bertz CT molecular complexity index is 523. The molecule has 3 amide bonds. The Kier molecular flexibility index (Phi) is 20.6. The maximum absolute atomic E-state index is 12.7. The molecule has 0 unspecified atom stereocenters. The Balaban J connectivity index is 4.58. The highest BCUT2D eigenvalue weighted by molar-refractivity contribution is 5.85. The molecule has 194 valence electrons. The van der Waals surface area contributed by atoms with Gasteiger partial charge in [-0.2, -0.15) is 0 Å². The molecule has 0 fully saturated rings. The fourth-order valence-electron chi connectivity index (χ4n) is 3.33. The number of nitrogens with one attached hydrogen (secondary N) is 2. The van der Waals surface area contributed by atoms with Crippen LogP contribution in [0.1, 0.15) is 64.2 Å². The summed E-state index contributed by atoms with van der Waals surface area (Å²) in [5.74, 6) is -0.430. The van der Waals surface area contributed by atoms with Gasteiger partial charge in [-0.3, -0.25) is 9.59 Å². The lowest BCUT2D eigenvalue weighted by Gasteiger charge is -2.24. The predicted octanol–water partition coefficient (Wildman–Crippen LogP) is -0.238. The standard InChI is InChI=1S/C22H47N7O4/c23-11-5-2-1-3-8-14-27-16-21(31)29(15-9-7-13-25)17-20(30)28-19(10-4-6-12-24)18-33-22(26)32/h19,27H,1-18,23-25H2,(H2,26,32)(H,28,30)/t19-/m1/s1. The summed E-state index contributed by atoms with van der Waals surface area (Å²) in [6.07, 6.45) is 8.21. The number of primary amides is 1. The van der Waals surface area contributed by atoms with Crippen LogP contribution in [0, 0.1) is 0 Å². The molecule has 1 atom stereocenters. The van der Waals surface area contributed by atoms with Crippen LogP contribution >= 0.6 is 0 Å². The minimum atomic E-state index is -0.892. The van der Waals surface area contributed by atoms with Crippen LogP contribution in [-0.2, 0) is 14.3 Å². The van der Waals surface area contributed by atoms with E-state index in [4.69, 9.17) is 27.7 Å². The lowest BCUT2D eigenvalue weighted by Crippen LogP contribution is -2.48. The number of rotatable bonds is 22. The molecule has 0 aromatic carbocycles. The number of hydrogen-bond acceptors (Lipinski definition) is 8. The van der Waals surface area contributed by atoms with E-state index in [1.54, 1.807) is 4.90 Å². The van der Waals surface area contributed by atoms with Crippen molar-refractivity contribution in [2.45, 2.75) is 70.3 Å². The quantitative estimate of drug-likeness (QED) is 0.116.